The van der Waals surface area contributed by atoms with Gasteiger partial charge in [-0.05, 0) is 91.0 Å². The molecule has 0 saturated heterocycles. The van der Waals surface area contributed by atoms with Crippen LogP contribution >= 0.6 is 0 Å². The third kappa shape index (κ3) is 4.22. The molecule has 1 heteroatoms. The number of hydrogen-bond donors (Lipinski definition) is 1. The van der Waals surface area contributed by atoms with Crippen molar-refractivity contribution in [3.63, 3.8) is 0 Å². The minimum atomic E-state index is -0.443. The summed E-state index contributed by atoms with van der Waals surface area (Å²) in [4.78, 5) is 0. The average molecular weight is 650 g/mol. The predicted octanol–water partition coefficient (Wildman–Crippen LogP) is 12.2. The van der Waals surface area contributed by atoms with Crippen molar-refractivity contribution in [2.24, 2.45) is 0 Å². The molecule has 2 aliphatic rings. The fourth-order valence-corrected chi connectivity index (χ4v) is 9.23. The maximum atomic E-state index is 3.88. The lowest BCUT2D eigenvalue weighted by Crippen LogP contribution is -2.28. The topological polar surface area (TPSA) is 12.0 Å². The Hall–Kier alpha value is -6.44. The molecule has 2 aliphatic carbocycles. The van der Waals surface area contributed by atoms with Crippen LogP contribution in [0.3, 0.4) is 0 Å². The number of rotatable bonds is 6. The van der Waals surface area contributed by atoms with E-state index in [1.165, 1.54) is 66.8 Å². The Balaban J connectivity index is 1.15. The van der Waals surface area contributed by atoms with E-state index >= 15 is 0 Å². The van der Waals surface area contributed by atoms with Crippen molar-refractivity contribution in [3.05, 3.63) is 251 Å². The van der Waals surface area contributed by atoms with E-state index in [2.05, 4.69) is 212 Å². The molecule has 1 N–H and O–H groups in total. The Bertz CT molecular complexity index is 2460. The van der Waals surface area contributed by atoms with Gasteiger partial charge in [0.25, 0.3) is 0 Å². The second-order valence-corrected chi connectivity index (χ2v) is 13.7. The van der Waals surface area contributed by atoms with Crippen LogP contribution in [-0.4, -0.2) is 0 Å². The van der Waals surface area contributed by atoms with Gasteiger partial charge in [-0.2, -0.15) is 0 Å². The highest BCUT2D eigenvalue weighted by molar-refractivity contribution is 5.89. The number of anilines is 2. The molecule has 0 aliphatic heterocycles. The first-order valence-corrected chi connectivity index (χ1v) is 17.8. The highest BCUT2D eigenvalue weighted by Crippen LogP contribution is 2.58. The molecule has 0 amide bonds. The lowest BCUT2D eigenvalue weighted by atomic mass is 9.67. The van der Waals surface area contributed by atoms with Crippen molar-refractivity contribution < 1.29 is 0 Å². The van der Waals surface area contributed by atoms with Gasteiger partial charge in [0.1, 0.15) is 0 Å². The van der Waals surface area contributed by atoms with E-state index in [4.69, 9.17) is 0 Å². The number of benzene rings is 8. The first-order valence-electron chi connectivity index (χ1n) is 17.8. The molecule has 0 fully saturated rings. The highest BCUT2D eigenvalue weighted by Gasteiger charge is 2.47. The van der Waals surface area contributed by atoms with Crippen LogP contribution in [0, 0.1) is 0 Å². The Kier molecular flexibility index (Phi) is 6.69. The molecule has 51 heavy (non-hydrogen) atoms. The zero-order chi connectivity index (χ0) is 33.8. The van der Waals surface area contributed by atoms with E-state index in [-0.39, 0.29) is 0 Å². The van der Waals surface area contributed by atoms with Crippen LogP contribution in [0.4, 0.5) is 11.4 Å². The monoisotopic (exact) mass is 649 g/mol. The minimum absolute atomic E-state index is 0.442. The third-order valence-electron chi connectivity index (χ3n) is 11.2. The molecule has 8 aromatic carbocycles. The van der Waals surface area contributed by atoms with Gasteiger partial charge in [0.15, 0.2) is 0 Å². The Morgan fingerprint density at radius 2 is 0.627 bits per heavy atom. The van der Waals surface area contributed by atoms with Crippen LogP contribution in [0.5, 0.6) is 0 Å². The molecule has 0 heterocycles. The first kappa shape index (κ1) is 29.5. The van der Waals surface area contributed by atoms with Crippen molar-refractivity contribution >= 4 is 11.4 Å². The van der Waals surface area contributed by atoms with Crippen LogP contribution in [0.1, 0.15) is 44.5 Å². The largest absolute Gasteiger partial charge is 0.356 e. The van der Waals surface area contributed by atoms with Gasteiger partial charge in [0.2, 0.25) is 0 Å². The summed E-state index contributed by atoms with van der Waals surface area (Å²) in [5, 5.41) is 3.88. The summed E-state index contributed by atoms with van der Waals surface area (Å²) in [6.07, 6.45) is 0. The fourth-order valence-electron chi connectivity index (χ4n) is 9.23. The molecular formula is C50H35N. The SMILES string of the molecule is c1ccc(C2(c3cccc(Nc4ccc5c(c4)C(c4ccccc4)(c4ccccc4)c4ccccc4-5)c3)c3ccccc3-c3ccccc32)cc1. The molecule has 0 unspecified atom stereocenters. The van der Waals surface area contributed by atoms with E-state index in [1.807, 2.05) is 0 Å². The molecule has 0 bridgehead atoms. The molecule has 10 rings (SSSR count). The summed E-state index contributed by atoms with van der Waals surface area (Å²) < 4.78 is 0. The molecule has 8 aromatic rings. The van der Waals surface area contributed by atoms with Crippen LogP contribution in [-0.2, 0) is 10.8 Å². The average Bonchev–Trinajstić information content (AvgIpc) is 3.67. The molecular weight excluding hydrogens is 615 g/mol. The van der Waals surface area contributed by atoms with Gasteiger partial charge in [-0.15, -0.1) is 0 Å². The van der Waals surface area contributed by atoms with Gasteiger partial charge in [-0.25, -0.2) is 0 Å². The smallest absolute Gasteiger partial charge is 0.0714 e. The van der Waals surface area contributed by atoms with E-state index in [1.54, 1.807) is 0 Å². The fraction of sp³-hybridized carbons (Fsp3) is 0.0400. The summed E-state index contributed by atoms with van der Waals surface area (Å²) in [5.41, 5.74) is 16.7. The lowest BCUT2D eigenvalue weighted by Gasteiger charge is -2.34. The number of fused-ring (bicyclic) bond motifs is 6. The van der Waals surface area contributed by atoms with E-state index in [9.17, 15) is 0 Å². The third-order valence-corrected chi connectivity index (χ3v) is 11.2. The van der Waals surface area contributed by atoms with Gasteiger partial charge in [-0.3, -0.25) is 0 Å². The summed E-state index contributed by atoms with van der Waals surface area (Å²) >= 11 is 0. The van der Waals surface area contributed by atoms with Crippen molar-refractivity contribution in [3.8, 4) is 22.3 Å². The van der Waals surface area contributed by atoms with Crippen molar-refractivity contribution in [1.82, 2.24) is 0 Å². The summed E-state index contributed by atoms with van der Waals surface area (Å²) in [5.74, 6) is 0. The van der Waals surface area contributed by atoms with Crippen LogP contribution < -0.4 is 5.32 Å². The predicted molar refractivity (Wildman–Crippen MR) is 211 cm³/mol. The zero-order valence-electron chi connectivity index (χ0n) is 28.1. The van der Waals surface area contributed by atoms with E-state index in [0.29, 0.717) is 0 Å². The molecule has 0 radical (unpaired) electrons. The Morgan fingerprint density at radius 3 is 1.12 bits per heavy atom. The van der Waals surface area contributed by atoms with Gasteiger partial charge in [-0.1, -0.05) is 182 Å². The van der Waals surface area contributed by atoms with Crippen LogP contribution in [0.25, 0.3) is 22.3 Å². The maximum absolute atomic E-state index is 3.88. The Labute approximate surface area is 299 Å². The van der Waals surface area contributed by atoms with Crippen molar-refractivity contribution in [2.45, 2.75) is 10.8 Å². The van der Waals surface area contributed by atoms with E-state index in [0.717, 1.165) is 11.4 Å². The number of hydrogen-bond acceptors (Lipinski definition) is 1. The zero-order valence-corrected chi connectivity index (χ0v) is 28.1. The normalized spacial score (nSPS) is 14.2. The summed E-state index contributed by atoms with van der Waals surface area (Å²) in [6.45, 7) is 0. The standard InChI is InChI=1S/C50H35N/c1-4-17-35(18-5-1)49(36-19-6-2-7-20-36)45-28-13-12-27-43(45)44-32-31-40(34-48(44)49)51-39-24-16-23-38(33-39)50(37-21-8-3-9-22-37)46-29-14-10-25-41(46)42-26-11-15-30-47(42)50/h1-34,51H. The highest BCUT2D eigenvalue weighted by atomic mass is 14.9. The summed E-state index contributed by atoms with van der Waals surface area (Å²) in [7, 11) is 0. The second-order valence-electron chi connectivity index (χ2n) is 13.7. The van der Waals surface area contributed by atoms with Gasteiger partial charge in [0.05, 0.1) is 10.8 Å². The molecule has 240 valence electrons. The van der Waals surface area contributed by atoms with Crippen molar-refractivity contribution in [2.75, 3.05) is 5.32 Å². The quantitative estimate of drug-likeness (QED) is 0.189. The molecule has 0 saturated carbocycles. The maximum Gasteiger partial charge on any atom is 0.0714 e. The van der Waals surface area contributed by atoms with Gasteiger partial charge < -0.3 is 5.32 Å². The molecule has 0 spiro atoms. The van der Waals surface area contributed by atoms with Crippen LogP contribution in [0.2, 0.25) is 0 Å². The van der Waals surface area contributed by atoms with Crippen LogP contribution in [0.15, 0.2) is 206 Å². The van der Waals surface area contributed by atoms with Crippen molar-refractivity contribution in [1.29, 1.82) is 0 Å². The lowest BCUT2D eigenvalue weighted by molar-refractivity contribution is 0.768. The minimum Gasteiger partial charge on any atom is -0.356 e. The number of nitrogens with one attached hydrogen (secondary N) is 1. The first-order chi connectivity index (χ1) is 25.3. The Morgan fingerprint density at radius 1 is 0.255 bits per heavy atom. The molecule has 1 nitrogen and oxygen atoms in total. The second kappa shape index (κ2) is 11.6. The summed E-state index contributed by atoms with van der Waals surface area (Å²) in [6, 6.07) is 75.7. The van der Waals surface area contributed by atoms with Gasteiger partial charge in [0, 0.05) is 11.4 Å². The van der Waals surface area contributed by atoms with E-state index < -0.39 is 10.8 Å². The van der Waals surface area contributed by atoms with Gasteiger partial charge >= 0.3 is 0 Å². The molecule has 0 atom stereocenters. The molecule has 0 aromatic heterocycles.